The van der Waals surface area contributed by atoms with E-state index in [1.54, 1.807) is 6.21 Å². The predicted octanol–water partition coefficient (Wildman–Crippen LogP) is 2.63. The number of amides is 1. The molecule has 0 spiro atoms. The summed E-state index contributed by atoms with van der Waals surface area (Å²) in [6.07, 6.45) is 10.0. The lowest BCUT2D eigenvalue weighted by Gasteiger charge is -2.45. The van der Waals surface area contributed by atoms with Crippen molar-refractivity contribution in [1.29, 1.82) is 0 Å². The summed E-state index contributed by atoms with van der Waals surface area (Å²) < 4.78 is 13.8. The number of nitrogens with two attached hydrogens (primary N) is 2. The van der Waals surface area contributed by atoms with Crippen LogP contribution in [0.25, 0.3) is 0 Å². The first-order chi connectivity index (χ1) is 18.7. The molecule has 4 aliphatic heterocycles. The Balaban J connectivity index is 1.43. The number of halogens is 2. The Morgan fingerprint density at radius 3 is 2.56 bits per heavy atom. The van der Waals surface area contributed by atoms with E-state index in [1.807, 2.05) is 0 Å². The number of carbonyl (C=O) groups excluding carboxylic acids is 1. The van der Waals surface area contributed by atoms with E-state index in [2.05, 4.69) is 34.3 Å². The van der Waals surface area contributed by atoms with Gasteiger partial charge in [-0.05, 0) is 63.3 Å². The van der Waals surface area contributed by atoms with Crippen molar-refractivity contribution in [1.82, 2.24) is 20.4 Å². The van der Waals surface area contributed by atoms with Crippen molar-refractivity contribution in [3.05, 3.63) is 0 Å². The van der Waals surface area contributed by atoms with Gasteiger partial charge in [0, 0.05) is 51.0 Å². The smallest absolute Gasteiger partial charge is 0.228 e. The van der Waals surface area contributed by atoms with Gasteiger partial charge in [0.2, 0.25) is 5.91 Å². The summed E-state index contributed by atoms with van der Waals surface area (Å²) in [5, 5.41) is 6.71. The van der Waals surface area contributed by atoms with E-state index in [0.717, 1.165) is 90.5 Å². The molecular formula is C29H53ClFN7O. The van der Waals surface area contributed by atoms with Gasteiger partial charge in [-0.1, -0.05) is 26.7 Å². The molecule has 8 nitrogen and oxygen atoms in total. The average Bonchev–Trinajstić information content (AvgIpc) is 3.36. The molecule has 10 heteroatoms. The quantitative estimate of drug-likeness (QED) is 0.251. The molecule has 39 heavy (non-hydrogen) atoms. The largest absolute Gasteiger partial charge is 0.350 e. The van der Waals surface area contributed by atoms with Crippen LogP contribution in [0.1, 0.15) is 78.1 Å². The second kappa shape index (κ2) is 14.4. The van der Waals surface area contributed by atoms with E-state index in [0.29, 0.717) is 19.0 Å². The fourth-order valence-corrected chi connectivity index (χ4v) is 7.94. The van der Waals surface area contributed by atoms with E-state index in [1.165, 1.54) is 0 Å². The van der Waals surface area contributed by atoms with Crippen LogP contribution in [-0.4, -0.2) is 103 Å². The lowest BCUT2D eigenvalue weighted by molar-refractivity contribution is -0.128. The molecule has 4 aliphatic rings. The summed E-state index contributed by atoms with van der Waals surface area (Å²) in [6, 6.07) is 0.432. The number of rotatable bonds is 9. The Kier molecular flexibility index (Phi) is 11.5. The minimum Gasteiger partial charge on any atom is -0.350 e. The molecule has 6 N–H and O–H groups in total. The summed E-state index contributed by atoms with van der Waals surface area (Å²) in [5.74, 6) is -0.705. The zero-order chi connectivity index (χ0) is 28.0. The first kappa shape index (κ1) is 31.1. The van der Waals surface area contributed by atoms with Crippen molar-refractivity contribution >= 4 is 23.7 Å². The maximum atomic E-state index is 13.9. The van der Waals surface area contributed by atoms with Crippen LogP contribution in [-0.2, 0) is 4.79 Å². The fourth-order valence-electron chi connectivity index (χ4n) is 7.77. The summed E-state index contributed by atoms with van der Waals surface area (Å²) in [6.45, 7) is 9.54. The maximum absolute atomic E-state index is 13.9. The van der Waals surface area contributed by atoms with Crippen molar-refractivity contribution in [2.24, 2.45) is 27.8 Å². The van der Waals surface area contributed by atoms with E-state index in [-0.39, 0.29) is 34.8 Å². The second-order valence-corrected chi connectivity index (χ2v) is 13.2. The Bertz CT molecular complexity index is 811. The minimum absolute atomic E-state index is 0.0176. The molecule has 6 unspecified atom stereocenters. The van der Waals surface area contributed by atoms with E-state index in [9.17, 15) is 9.18 Å². The fraction of sp³-hybridized carbons (Fsp3) is 0.931. The highest BCUT2D eigenvalue weighted by atomic mass is 35.5. The standard InChI is InChI=1S/C29H53ClFN7O/c1-3-10-29(4-2)11-5-20(30)17-35-23(16-29)26(27(32)33)28(39)36-24-18-34-12-6-25(24)37-14-8-22(9-15-37)38-13-7-21(31)19-38/h17,20-27,34H,3-16,18-19,32-33H2,1-2H3,(H,36,39)/t20?,21-,23?,24?,25?,26?,29?/m0/s1. The van der Waals surface area contributed by atoms with Crippen LogP contribution in [0.4, 0.5) is 4.39 Å². The number of aliphatic imine (C=N–C) groups is 1. The second-order valence-electron chi connectivity index (χ2n) is 12.7. The van der Waals surface area contributed by atoms with Crippen LogP contribution in [0.3, 0.4) is 0 Å². The zero-order valence-corrected chi connectivity index (χ0v) is 24.9. The molecule has 1 amide bonds. The topological polar surface area (TPSA) is 112 Å². The third-order valence-electron chi connectivity index (χ3n) is 10.1. The van der Waals surface area contributed by atoms with Crippen molar-refractivity contribution in [2.45, 2.75) is 120 Å². The van der Waals surface area contributed by atoms with Crippen LogP contribution < -0.4 is 22.1 Å². The molecule has 0 bridgehead atoms. The number of alkyl halides is 2. The molecule has 4 heterocycles. The SMILES string of the molecule is CCCC1(CC)CCC(Cl)C=NC(C(C(=O)NC2CNCCC2N2CCC(N3CC[C@H](F)C3)CC2)C(N)N)C1. The van der Waals surface area contributed by atoms with E-state index in [4.69, 9.17) is 28.1 Å². The lowest BCUT2D eigenvalue weighted by atomic mass is 9.69. The van der Waals surface area contributed by atoms with Gasteiger partial charge < -0.3 is 22.1 Å². The van der Waals surface area contributed by atoms with Gasteiger partial charge in [0.25, 0.3) is 0 Å². The van der Waals surface area contributed by atoms with Crippen molar-refractivity contribution in [3.63, 3.8) is 0 Å². The van der Waals surface area contributed by atoms with Crippen LogP contribution >= 0.6 is 11.6 Å². The first-order valence-electron chi connectivity index (χ1n) is 15.6. The van der Waals surface area contributed by atoms with Gasteiger partial charge in [0.05, 0.1) is 29.5 Å². The number of hydrogen-bond acceptors (Lipinski definition) is 7. The predicted molar refractivity (Wildman–Crippen MR) is 158 cm³/mol. The van der Waals surface area contributed by atoms with Crippen LogP contribution in [0.15, 0.2) is 4.99 Å². The molecule has 0 aliphatic carbocycles. The molecule has 3 saturated heterocycles. The summed E-state index contributed by atoms with van der Waals surface area (Å²) >= 11 is 6.58. The first-order valence-corrected chi connectivity index (χ1v) is 16.0. The van der Waals surface area contributed by atoms with Gasteiger partial charge in [-0.15, -0.1) is 11.6 Å². The normalized spacial score (nSPS) is 36.5. The molecule has 0 saturated carbocycles. The van der Waals surface area contributed by atoms with Gasteiger partial charge in [0.1, 0.15) is 6.17 Å². The van der Waals surface area contributed by atoms with Crippen LogP contribution in [0.2, 0.25) is 0 Å². The summed E-state index contributed by atoms with van der Waals surface area (Å²) in [4.78, 5) is 23.6. The Labute approximate surface area is 240 Å². The summed E-state index contributed by atoms with van der Waals surface area (Å²) in [5.41, 5.74) is 12.7. The molecule has 0 aromatic rings. The van der Waals surface area contributed by atoms with Gasteiger partial charge in [0.15, 0.2) is 0 Å². The third-order valence-corrected chi connectivity index (χ3v) is 10.4. The van der Waals surface area contributed by atoms with Crippen molar-refractivity contribution in [3.8, 4) is 0 Å². The van der Waals surface area contributed by atoms with Gasteiger partial charge in [-0.2, -0.15) is 0 Å². The lowest BCUT2D eigenvalue weighted by Crippen LogP contribution is -2.64. The third kappa shape index (κ3) is 7.92. The number of carbonyl (C=O) groups is 1. The number of piperidine rings is 2. The monoisotopic (exact) mass is 569 g/mol. The van der Waals surface area contributed by atoms with Crippen LogP contribution in [0, 0.1) is 11.3 Å². The number of nitrogens with one attached hydrogen (secondary N) is 2. The minimum atomic E-state index is -0.804. The van der Waals surface area contributed by atoms with Crippen LogP contribution in [0.5, 0.6) is 0 Å². The maximum Gasteiger partial charge on any atom is 0.228 e. The molecular weight excluding hydrogens is 517 g/mol. The number of nitrogens with zero attached hydrogens (tertiary/aromatic N) is 3. The Hall–Kier alpha value is -0.840. The molecule has 3 fully saturated rings. The highest BCUT2D eigenvalue weighted by Gasteiger charge is 2.42. The zero-order valence-electron chi connectivity index (χ0n) is 24.2. The average molecular weight is 570 g/mol. The molecule has 0 aromatic heterocycles. The van der Waals surface area contributed by atoms with Crippen molar-refractivity contribution in [2.75, 3.05) is 39.3 Å². The number of hydrogen-bond donors (Lipinski definition) is 4. The highest BCUT2D eigenvalue weighted by Crippen LogP contribution is 2.42. The van der Waals surface area contributed by atoms with E-state index < -0.39 is 18.3 Å². The van der Waals surface area contributed by atoms with Gasteiger partial charge in [-0.25, -0.2) is 4.39 Å². The van der Waals surface area contributed by atoms with Crippen molar-refractivity contribution < 1.29 is 9.18 Å². The molecule has 7 atom stereocenters. The highest BCUT2D eigenvalue weighted by molar-refractivity contribution is 6.28. The molecule has 0 radical (unpaired) electrons. The Morgan fingerprint density at radius 2 is 1.92 bits per heavy atom. The molecule has 224 valence electrons. The number of likely N-dealkylation sites (tertiary alicyclic amines) is 2. The van der Waals surface area contributed by atoms with E-state index >= 15 is 0 Å². The molecule has 0 aromatic carbocycles. The Morgan fingerprint density at radius 1 is 1.18 bits per heavy atom. The van der Waals surface area contributed by atoms with Gasteiger partial charge in [-0.3, -0.25) is 19.6 Å². The summed E-state index contributed by atoms with van der Waals surface area (Å²) in [7, 11) is 0. The van der Waals surface area contributed by atoms with Gasteiger partial charge >= 0.3 is 0 Å². The molecule has 4 rings (SSSR count).